The number of rotatable bonds is 8. The molecule has 0 spiro atoms. The first kappa shape index (κ1) is 22.6. The molecular formula is C27H35N3O2. The minimum absolute atomic E-state index is 0.0497. The van der Waals surface area contributed by atoms with E-state index in [1.54, 1.807) is 6.07 Å². The van der Waals surface area contributed by atoms with Crippen molar-refractivity contribution in [1.29, 1.82) is 0 Å². The van der Waals surface area contributed by atoms with E-state index in [1.165, 1.54) is 12.8 Å². The summed E-state index contributed by atoms with van der Waals surface area (Å²) in [6, 6.07) is 16.8. The number of amides is 1. The van der Waals surface area contributed by atoms with Crippen molar-refractivity contribution >= 4 is 5.91 Å². The monoisotopic (exact) mass is 433 g/mol. The van der Waals surface area contributed by atoms with Crippen LogP contribution in [0.1, 0.15) is 54.2 Å². The summed E-state index contributed by atoms with van der Waals surface area (Å²) in [6.07, 6.45) is 4.46. The molecule has 3 unspecified atom stereocenters. The maximum atomic E-state index is 12.8. The number of aromatic hydroxyl groups is 1. The first-order valence-electron chi connectivity index (χ1n) is 11.8. The molecule has 2 aromatic carbocycles. The Kier molecular flexibility index (Phi) is 6.97. The maximum Gasteiger partial charge on any atom is 0.253 e. The summed E-state index contributed by atoms with van der Waals surface area (Å²) < 4.78 is 0. The lowest BCUT2D eigenvalue weighted by Gasteiger charge is -2.44. The predicted octanol–water partition coefficient (Wildman–Crippen LogP) is 4.30. The van der Waals surface area contributed by atoms with Gasteiger partial charge in [-0.15, -0.1) is 6.58 Å². The first-order valence-corrected chi connectivity index (χ1v) is 11.8. The number of hydrogen-bond donors (Lipinski definition) is 1. The van der Waals surface area contributed by atoms with Crippen molar-refractivity contribution in [1.82, 2.24) is 14.7 Å². The van der Waals surface area contributed by atoms with Crippen molar-refractivity contribution in [2.24, 2.45) is 0 Å². The molecule has 1 N–H and O–H groups in total. The van der Waals surface area contributed by atoms with E-state index in [2.05, 4.69) is 34.6 Å². The van der Waals surface area contributed by atoms with Crippen molar-refractivity contribution in [3.63, 3.8) is 0 Å². The fourth-order valence-electron chi connectivity index (χ4n) is 5.49. The van der Waals surface area contributed by atoms with Gasteiger partial charge < -0.3 is 10.0 Å². The fraction of sp³-hybridized carbons (Fsp3) is 0.444. The van der Waals surface area contributed by atoms with Crippen LogP contribution in [0, 0.1) is 0 Å². The molecule has 2 bridgehead atoms. The second-order valence-corrected chi connectivity index (χ2v) is 8.92. The van der Waals surface area contributed by atoms with E-state index in [-0.39, 0.29) is 17.7 Å². The molecule has 2 aromatic rings. The molecule has 0 aromatic heterocycles. The van der Waals surface area contributed by atoms with Gasteiger partial charge in [0.25, 0.3) is 5.91 Å². The van der Waals surface area contributed by atoms with Crippen LogP contribution in [0.25, 0.3) is 0 Å². The smallest absolute Gasteiger partial charge is 0.253 e. The van der Waals surface area contributed by atoms with Gasteiger partial charge in [-0.05, 0) is 62.1 Å². The summed E-state index contributed by atoms with van der Waals surface area (Å²) in [6.45, 7) is 12.3. The molecule has 1 amide bonds. The van der Waals surface area contributed by atoms with E-state index in [1.807, 2.05) is 49.1 Å². The number of piperazine rings is 1. The molecule has 0 radical (unpaired) electrons. The van der Waals surface area contributed by atoms with Crippen LogP contribution in [0.15, 0.2) is 61.2 Å². The Labute approximate surface area is 191 Å². The van der Waals surface area contributed by atoms with Crippen LogP contribution in [0.4, 0.5) is 0 Å². The Morgan fingerprint density at radius 3 is 2.31 bits per heavy atom. The molecule has 4 rings (SSSR count). The first-order chi connectivity index (χ1) is 15.5. The molecule has 2 fully saturated rings. The normalized spacial score (nSPS) is 21.9. The molecule has 2 saturated heterocycles. The minimum atomic E-state index is 0.0497. The summed E-state index contributed by atoms with van der Waals surface area (Å²) >= 11 is 0. The average Bonchev–Trinajstić information content (AvgIpc) is 3.03. The topological polar surface area (TPSA) is 47.0 Å². The lowest BCUT2D eigenvalue weighted by Crippen LogP contribution is -2.54. The number of phenolic OH excluding ortho intramolecular Hbond substituents is 1. The van der Waals surface area contributed by atoms with Gasteiger partial charge in [-0.3, -0.25) is 14.6 Å². The van der Waals surface area contributed by atoms with Gasteiger partial charge in [0.05, 0.1) is 6.04 Å². The van der Waals surface area contributed by atoms with Crippen LogP contribution in [0.2, 0.25) is 0 Å². The van der Waals surface area contributed by atoms with Crippen molar-refractivity contribution in [2.75, 3.05) is 32.7 Å². The number of benzene rings is 2. The molecule has 5 heteroatoms. The lowest BCUT2D eigenvalue weighted by atomic mass is 9.94. The van der Waals surface area contributed by atoms with E-state index in [9.17, 15) is 9.90 Å². The second-order valence-electron chi connectivity index (χ2n) is 8.92. The van der Waals surface area contributed by atoms with E-state index in [0.717, 1.165) is 36.3 Å². The zero-order chi connectivity index (χ0) is 22.7. The number of likely N-dealkylation sites (tertiary alicyclic amines) is 1. The Morgan fingerprint density at radius 2 is 1.75 bits per heavy atom. The van der Waals surface area contributed by atoms with Crippen molar-refractivity contribution in [2.45, 2.75) is 44.8 Å². The molecular weight excluding hydrogens is 398 g/mol. The number of nitrogens with zero attached hydrogens (tertiary/aromatic N) is 3. The largest absolute Gasteiger partial charge is 0.508 e. The number of carbonyl (C=O) groups excluding carboxylic acids is 1. The number of phenols is 1. The Bertz CT molecular complexity index is 924. The van der Waals surface area contributed by atoms with E-state index in [0.29, 0.717) is 25.2 Å². The van der Waals surface area contributed by atoms with E-state index >= 15 is 0 Å². The van der Waals surface area contributed by atoms with Gasteiger partial charge in [0.1, 0.15) is 5.75 Å². The van der Waals surface area contributed by atoms with Crippen molar-refractivity contribution < 1.29 is 9.90 Å². The van der Waals surface area contributed by atoms with Crippen LogP contribution in [-0.4, -0.2) is 70.5 Å². The highest BCUT2D eigenvalue weighted by molar-refractivity contribution is 5.94. The highest BCUT2D eigenvalue weighted by Crippen LogP contribution is 2.38. The molecule has 2 aliphatic rings. The summed E-state index contributed by atoms with van der Waals surface area (Å²) in [5.41, 5.74) is 2.97. The van der Waals surface area contributed by atoms with Crippen LogP contribution < -0.4 is 0 Å². The third kappa shape index (κ3) is 4.45. The average molecular weight is 434 g/mol. The van der Waals surface area contributed by atoms with Gasteiger partial charge in [-0.25, -0.2) is 0 Å². The molecule has 5 nitrogen and oxygen atoms in total. The zero-order valence-electron chi connectivity index (χ0n) is 19.3. The molecule has 3 atom stereocenters. The molecule has 2 aliphatic heterocycles. The fourth-order valence-corrected chi connectivity index (χ4v) is 5.49. The highest BCUT2D eigenvalue weighted by atomic mass is 16.3. The summed E-state index contributed by atoms with van der Waals surface area (Å²) in [7, 11) is 0. The van der Waals surface area contributed by atoms with Crippen molar-refractivity contribution in [3.05, 3.63) is 77.9 Å². The zero-order valence-corrected chi connectivity index (χ0v) is 19.3. The van der Waals surface area contributed by atoms with Gasteiger partial charge in [-0.1, -0.05) is 30.3 Å². The lowest BCUT2D eigenvalue weighted by molar-refractivity contribution is 0.0582. The third-order valence-corrected chi connectivity index (χ3v) is 7.08. The van der Waals surface area contributed by atoms with Crippen LogP contribution in [0.3, 0.4) is 0 Å². The maximum absolute atomic E-state index is 12.8. The van der Waals surface area contributed by atoms with Gasteiger partial charge in [-0.2, -0.15) is 0 Å². The molecule has 170 valence electrons. The standard InChI is InChI=1S/C27H35N3O2/c1-4-16-30-23-14-15-24(30)19-29(18-23)26(22-8-7-9-25(31)17-22)20-10-12-21(13-11-20)27(32)28(5-2)6-3/h4,7-13,17,23-24,26,31H,1,5-6,14-16,18-19H2,2-3H3. The Morgan fingerprint density at radius 1 is 1.09 bits per heavy atom. The molecule has 2 heterocycles. The Hall–Kier alpha value is -2.63. The summed E-state index contributed by atoms with van der Waals surface area (Å²) in [5, 5.41) is 10.2. The summed E-state index contributed by atoms with van der Waals surface area (Å²) in [4.78, 5) is 19.8. The molecule has 32 heavy (non-hydrogen) atoms. The van der Waals surface area contributed by atoms with Crippen molar-refractivity contribution in [3.8, 4) is 5.75 Å². The van der Waals surface area contributed by atoms with Crippen LogP contribution >= 0.6 is 0 Å². The summed E-state index contributed by atoms with van der Waals surface area (Å²) in [5.74, 6) is 0.362. The Balaban J connectivity index is 1.64. The second kappa shape index (κ2) is 9.88. The highest BCUT2D eigenvalue weighted by Gasteiger charge is 2.41. The van der Waals surface area contributed by atoms with Gasteiger partial charge in [0.15, 0.2) is 0 Å². The molecule has 0 aliphatic carbocycles. The van der Waals surface area contributed by atoms with Gasteiger partial charge >= 0.3 is 0 Å². The SMILES string of the molecule is C=CCN1C2CCC1CN(C(c1ccc(C(=O)N(CC)CC)cc1)c1cccc(O)c1)C2. The number of fused-ring (bicyclic) bond motifs is 2. The van der Waals surface area contributed by atoms with E-state index in [4.69, 9.17) is 0 Å². The third-order valence-electron chi connectivity index (χ3n) is 7.08. The van der Waals surface area contributed by atoms with Gasteiger partial charge in [0.2, 0.25) is 0 Å². The number of hydrogen-bond acceptors (Lipinski definition) is 4. The van der Waals surface area contributed by atoms with Gasteiger partial charge in [0, 0.05) is 50.4 Å². The quantitative estimate of drug-likeness (QED) is 0.631. The van der Waals surface area contributed by atoms with Crippen LogP contribution in [-0.2, 0) is 0 Å². The molecule has 0 saturated carbocycles. The number of carbonyl (C=O) groups is 1. The minimum Gasteiger partial charge on any atom is -0.508 e. The van der Waals surface area contributed by atoms with E-state index < -0.39 is 0 Å². The van der Waals surface area contributed by atoms with Crippen LogP contribution in [0.5, 0.6) is 5.75 Å². The predicted molar refractivity (Wildman–Crippen MR) is 129 cm³/mol.